The predicted octanol–water partition coefficient (Wildman–Crippen LogP) is 4.58. The fourth-order valence-electron chi connectivity index (χ4n) is 1.78. The highest BCUT2D eigenvalue weighted by atomic mass is 79.9. The van der Waals surface area contributed by atoms with Crippen LogP contribution in [0.2, 0.25) is 5.02 Å². The fourth-order valence-corrected chi connectivity index (χ4v) is 3.41. The summed E-state index contributed by atoms with van der Waals surface area (Å²) < 4.78 is 25.6. The molecule has 0 saturated carbocycles. The molecule has 112 valence electrons. The molecule has 0 aliphatic rings. The predicted molar refractivity (Wildman–Crippen MR) is 91.8 cm³/mol. The standard InChI is InChI=1S/C16H11BrClNO2S/c17-14-5-1-12(2-6-14)9-16(10-19)22(20,21)11-13-3-7-15(18)8-4-13/h1-9H,11H2/b16-9+. The summed E-state index contributed by atoms with van der Waals surface area (Å²) in [7, 11) is -3.70. The Hall–Kier alpha value is -1.61. The van der Waals surface area contributed by atoms with E-state index in [4.69, 9.17) is 11.6 Å². The van der Waals surface area contributed by atoms with Crippen molar-refractivity contribution in [3.8, 4) is 6.07 Å². The van der Waals surface area contributed by atoms with E-state index in [1.54, 1.807) is 54.6 Å². The molecule has 0 bridgehead atoms. The number of halogens is 2. The monoisotopic (exact) mass is 395 g/mol. The van der Waals surface area contributed by atoms with Gasteiger partial charge in [0, 0.05) is 9.50 Å². The summed E-state index contributed by atoms with van der Waals surface area (Å²) in [4.78, 5) is -0.259. The van der Waals surface area contributed by atoms with Crippen LogP contribution in [0.1, 0.15) is 11.1 Å². The summed E-state index contributed by atoms with van der Waals surface area (Å²) in [5.74, 6) is -0.236. The van der Waals surface area contributed by atoms with Gasteiger partial charge in [-0.25, -0.2) is 8.42 Å². The largest absolute Gasteiger partial charge is 0.223 e. The lowest BCUT2D eigenvalue weighted by atomic mass is 10.2. The number of hydrogen-bond acceptors (Lipinski definition) is 3. The van der Waals surface area contributed by atoms with Crippen molar-refractivity contribution in [2.24, 2.45) is 0 Å². The van der Waals surface area contributed by atoms with Crippen LogP contribution in [0.25, 0.3) is 6.08 Å². The Balaban J connectivity index is 2.31. The number of nitrogens with zero attached hydrogens (tertiary/aromatic N) is 1. The maximum absolute atomic E-state index is 12.4. The summed E-state index contributed by atoms with van der Waals surface area (Å²) in [6.07, 6.45) is 1.37. The van der Waals surface area contributed by atoms with Crippen LogP contribution in [0.4, 0.5) is 0 Å². The second-order valence-corrected chi connectivity index (χ2v) is 7.87. The van der Waals surface area contributed by atoms with Gasteiger partial charge in [0.15, 0.2) is 9.84 Å². The molecule has 0 unspecified atom stereocenters. The van der Waals surface area contributed by atoms with Gasteiger partial charge in [0.25, 0.3) is 0 Å². The first-order chi connectivity index (χ1) is 10.4. The molecule has 3 nitrogen and oxygen atoms in total. The number of allylic oxidation sites excluding steroid dienone is 1. The second-order valence-electron chi connectivity index (χ2n) is 4.56. The van der Waals surface area contributed by atoms with Gasteiger partial charge in [-0.1, -0.05) is 51.8 Å². The lowest BCUT2D eigenvalue weighted by Crippen LogP contribution is -2.06. The summed E-state index contributed by atoms with van der Waals surface area (Å²) in [5, 5.41) is 9.71. The molecule has 22 heavy (non-hydrogen) atoms. The third kappa shape index (κ3) is 4.44. The minimum absolute atomic E-state index is 0.236. The number of hydrogen-bond donors (Lipinski definition) is 0. The summed E-state index contributed by atoms with van der Waals surface area (Å²) in [5.41, 5.74) is 1.24. The normalized spacial score (nSPS) is 12.0. The Bertz CT molecular complexity index is 835. The number of benzene rings is 2. The van der Waals surface area contributed by atoms with E-state index < -0.39 is 9.84 Å². The van der Waals surface area contributed by atoms with Gasteiger partial charge >= 0.3 is 0 Å². The Morgan fingerprint density at radius 3 is 2.27 bits per heavy atom. The van der Waals surface area contributed by atoms with E-state index in [1.807, 2.05) is 0 Å². The number of nitriles is 1. The van der Waals surface area contributed by atoms with Crippen LogP contribution in [0.5, 0.6) is 0 Å². The van der Waals surface area contributed by atoms with E-state index in [2.05, 4.69) is 15.9 Å². The molecule has 0 aromatic heterocycles. The van der Waals surface area contributed by atoms with Crippen LogP contribution < -0.4 is 0 Å². The molecule has 0 saturated heterocycles. The quantitative estimate of drug-likeness (QED) is 0.711. The van der Waals surface area contributed by atoms with Gasteiger partial charge in [-0.05, 0) is 41.5 Å². The lowest BCUT2D eigenvalue weighted by molar-refractivity contribution is 0.602. The Morgan fingerprint density at radius 1 is 1.14 bits per heavy atom. The smallest absolute Gasteiger partial charge is 0.192 e. The average Bonchev–Trinajstić information content (AvgIpc) is 2.48. The van der Waals surface area contributed by atoms with Crippen LogP contribution in [-0.2, 0) is 15.6 Å². The highest BCUT2D eigenvalue weighted by Gasteiger charge is 2.18. The molecule has 0 radical (unpaired) electrons. The molecule has 2 rings (SSSR count). The molecule has 0 aliphatic carbocycles. The highest BCUT2D eigenvalue weighted by molar-refractivity contribution is 9.10. The molecule has 0 fully saturated rings. The maximum atomic E-state index is 12.4. The molecule has 0 amide bonds. The first-order valence-electron chi connectivity index (χ1n) is 6.25. The Labute approximate surface area is 142 Å². The molecule has 0 spiro atoms. The summed E-state index contributed by atoms with van der Waals surface area (Å²) >= 11 is 9.08. The topological polar surface area (TPSA) is 57.9 Å². The van der Waals surface area contributed by atoms with Crippen molar-refractivity contribution >= 4 is 43.4 Å². The van der Waals surface area contributed by atoms with Gasteiger partial charge in [0.05, 0.1) is 5.75 Å². The molecule has 2 aromatic carbocycles. The molecular weight excluding hydrogens is 386 g/mol. The minimum Gasteiger partial charge on any atom is -0.223 e. The second kappa shape index (κ2) is 7.10. The molecule has 0 heterocycles. The van der Waals surface area contributed by atoms with Gasteiger partial charge in [-0.3, -0.25) is 0 Å². The van der Waals surface area contributed by atoms with E-state index in [0.717, 1.165) is 4.47 Å². The number of rotatable bonds is 4. The molecule has 0 atom stereocenters. The van der Waals surface area contributed by atoms with Crippen LogP contribution in [0, 0.1) is 11.3 Å². The summed E-state index contributed by atoms with van der Waals surface area (Å²) in [6.45, 7) is 0. The molecule has 0 N–H and O–H groups in total. The van der Waals surface area contributed by atoms with E-state index in [-0.39, 0.29) is 10.7 Å². The van der Waals surface area contributed by atoms with Gasteiger partial charge in [0.1, 0.15) is 11.0 Å². The van der Waals surface area contributed by atoms with Crippen molar-refractivity contribution in [3.63, 3.8) is 0 Å². The van der Waals surface area contributed by atoms with Gasteiger partial charge in [-0.2, -0.15) is 5.26 Å². The van der Waals surface area contributed by atoms with Crippen LogP contribution in [0.15, 0.2) is 57.9 Å². The zero-order valence-corrected chi connectivity index (χ0v) is 14.5. The van der Waals surface area contributed by atoms with E-state index >= 15 is 0 Å². The molecule has 2 aromatic rings. The lowest BCUT2D eigenvalue weighted by Gasteiger charge is -2.04. The first-order valence-corrected chi connectivity index (χ1v) is 9.07. The molecular formula is C16H11BrClNO2S. The zero-order chi connectivity index (χ0) is 16.2. The van der Waals surface area contributed by atoms with Crippen LogP contribution in [0.3, 0.4) is 0 Å². The van der Waals surface area contributed by atoms with Crippen molar-refractivity contribution in [3.05, 3.63) is 74.1 Å². The number of sulfone groups is 1. The van der Waals surface area contributed by atoms with E-state index in [9.17, 15) is 13.7 Å². The van der Waals surface area contributed by atoms with E-state index in [1.165, 1.54) is 6.08 Å². The Kier molecular flexibility index (Phi) is 5.41. The van der Waals surface area contributed by atoms with E-state index in [0.29, 0.717) is 16.1 Å². The first kappa shape index (κ1) is 16.8. The fraction of sp³-hybridized carbons (Fsp3) is 0.0625. The van der Waals surface area contributed by atoms with Gasteiger partial charge < -0.3 is 0 Å². The average molecular weight is 397 g/mol. The van der Waals surface area contributed by atoms with Crippen molar-refractivity contribution < 1.29 is 8.42 Å². The summed E-state index contributed by atoms with van der Waals surface area (Å²) in [6, 6.07) is 15.3. The maximum Gasteiger partial charge on any atom is 0.192 e. The third-order valence-corrected chi connectivity index (χ3v) is 5.26. The van der Waals surface area contributed by atoms with Crippen molar-refractivity contribution in [1.82, 2.24) is 0 Å². The van der Waals surface area contributed by atoms with Crippen molar-refractivity contribution in [2.75, 3.05) is 0 Å². The Morgan fingerprint density at radius 2 is 1.73 bits per heavy atom. The highest BCUT2D eigenvalue weighted by Crippen LogP contribution is 2.20. The minimum atomic E-state index is -3.70. The van der Waals surface area contributed by atoms with Gasteiger partial charge in [-0.15, -0.1) is 0 Å². The third-order valence-electron chi connectivity index (χ3n) is 2.88. The molecule has 6 heteroatoms. The van der Waals surface area contributed by atoms with Gasteiger partial charge in [0.2, 0.25) is 0 Å². The zero-order valence-electron chi connectivity index (χ0n) is 11.3. The SMILES string of the molecule is N#C/C(=C\c1ccc(Br)cc1)S(=O)(=O)Cc1ccc(Cl)cc1. The van der Waals surface area contributed by atoms with Crippen molar-refractivity contribution in [2.45, 2.75) is 5.75 Å². The van der Waals surface area contributed by atoms with Crippen molar-refractivity contribution in [1.29, 1.82) is 5.26 Å². The van der Waals surface area contributed by atoms with Crippen LogP contribution in [-0.4, -0.2) is 8.42 Å². The van der Waals surface area contributed by atoms with Crippen LogP contribution >= 0.6 is 27.5 Å². The molecule has 0 aliphatic heterocycles.